The summed E-state index contributed by atoms with van der Waals surface area (Å²) < 4.78 is 20.4. The maximum atomic E-state index is 15.1. The van der Waals surface area contributed by atoms with Crippen LogP contribution in [0.3, 0.4) is 0 Å². The number of hydrogen-bond donors (Lipinski definition) is 1. The summed E-state index contributed by atoms with van der Waals surface area (Å²) in [6, 6.07) is 10.7. The van der Waals surface area contributed by atoms with E-state index in [0.29, 0.717) is 37.2 Å². The molecule has 1 N–H and O–H groups in total. The highest BCUT2D eigenvalue weighted by molar-refractivity contribution is 5.90. The maximum absolute atomic E-state index is 15.1. The lowest BCUT2D eigenvalue weighted by atomic mass is 10.00. The molecular formula is C23H22FN5O3. The number of anilines is 2. The van der Waals surface area contributed by atoms with Crippen LogP contribution in [0.5, 0.6) is 0 Å². The van der Waals surface area contributed by atoms with Gasteiger partial charge in [0.25, 0.3) is 0 Å². The molecule has 3 heterocycles. The number of Topliss-reactive ketones (excluding diaryl/α,β-unsaturated/α-hetero) is 1. The zero-order valence-electron chi connectivity index (χ0n) is 17.5. The second kappa shape index (κ2) is 8.07. The van der Waals surface area contributed by atoms with E-state index in [1.165, 1.54) is 23.5 Å². The summed E-state index contributed by atoms with van der Waals surface area (Å²) in [4.78, 5) is 26.9. The van der Waals surface area contributed by atoms with E-state index in [1.807, 2.05) is 18.2 Å². The first kappa shape index (κ1) is 20.2. The van der Waals surface area contributed by atoms with E-state index in [1.54, 1.807) is 18.3 Å². The summed E-state index contributed by atoms with van der Waals surface area (Å²) in [5.41, 5.74) is 3.98. The minimum absolute atomic E-state index is 0.0494. The molecule has 9 heteroatoms. The molecule has 2 aliphatic rings. The molecule has 164 valence electrons. The Hall–Kier alpha value is -3.75. The number of benzene rings is 2. The van der Waals surface area contributed by atoms with Gasteiger partial charge in [-0.3, -0.25) is 4.90 Å². The summed E-state index contributed by atoms with van der Waals surface area (Å²) >= 11 is 0. The zero-order chi connectivity index (χ0) is 22.2. The fourth-order valence-electron chi connectivity index (χ4n) is 4.22. The Morgan fingerprint density at radius 3 is 2.81 bits per heavy atom. The van der Waals surface area contributed by atoms with E-state index >= 15 is 4.39 Å². The fraction of sp³-hybridized carbons (Fsp3) is 0.304. The van der Waals surface area contributed by atoms with Gasteiger partial charge in [0, 0.05) is 25.1 Å². The largest absolute Gasteiger partial charge is 0.444 e. The number of aromatic amines is 1. The second-order valence-electron chi connectivity index (χ2n) is 8.19. The average Bonchev–Trinajstić information content (AvgIpc) is 3.51. The summed E-state index contributed by atoms with van der Waals surface area (Å²) in [6.45, 7) is 3.22. The molecule has 1 atom stereocenters. The first-order chi connectivity index (χ1) is 15.5. The van der Waals surface area contributed by atoms with Gasteiger partial charge in [0.05, 0.1) is 18.4 Å². The highest BCUT2D eigenvalue weighted by atomic mass is 19.1. The maximum Gasteiger partial charge on any atom is 0.414 e. The lowest BCUT2D eigenvalue weighted by Gasteiger charge is -2.15. The summed E-state index contributed by atoms with van der Waals surface area (Å²) in [6.07, 6.45) is 1.62. The smallest absolute Gasteiger partial charge is 0.414 e. The van der Waals surface area contributed by atoms with E-state index < -0.39 is 11.9 Å². The Morgan fingerprint density at radius 1 is 1.22 bits per heavy atom. The number of aromatic nitrogens is 3. The number of H-pyrrole nitrogens is 1. The van der Waals surface area contributed by atoms with E-state index in [0.717, 1.165) is 23.5 Å². The van der Waals surface area contributed by atoms with Gasteiger partial charge in [-0.1, -0.05) is 12.1 Å². The molecule has 3 aromatic rings. The third-order valence-electron chi connectivity index (χ3n) is 5.92. The second-order valence-corrected chi connectivity index (χ2v) is 8.19. The highest BCUT2D eigenvalue weighted by Crippen LogP contribution is 2.33. The van der Waals surface area contributed by atoms with E-state index in [4.69, 9.17) is 4.74 Å². The predicted molar refractivity (Wildman–Crippen MR) is 116 cm³/mol. The molecule has 8 nitrogen and oxygen atoms in total. The van der Waals surface area contributed by atoms with Crippen LogP contribution in [0.4, 0.5) is 20.7 Å². The molecule has 1 fully saturated rings. The van der Waals surface area contributed by atoms with Crippen molar-refractivity contribution in [3.05, 3.63) is 59.5 Å². The molecule has 2 aromatic carbocycles. The SMILES string of the molecule is CC(=O)CC[C@H]1CN(c2ccc(-c3ccc4c(c3)CN(c3cn[nH]n3)C4)c(F)c2)C(=O)O1. The number of ketones is 1. The quantitative estimate of drug-likeness (QED) is 0.633. The van der Waals surface area contributed by atoms with Crippen LogP contribution < -0.4 is 9.80 Å². The molecule has 0 radical (unpaired) electrons. The lowest BCUT2D eigenvalue weighted by Crippen LogP contribution is -2.24. The Kier molecular flexibility index (Phi) is 5.08. The number of amides is 1. The van der Waals surface area contributed by atoms with Gasteiger partial charge in [-0.15, -0.1) is 5.10 Å². The number of carbonyl (C=O) groups is 2. The standard InChI is InChI=1S/C23H22FN5O3/c1-14(30)2-6-19-13-29(23(31)32-19)18-5-7-20(21(24)9-18)15-3-4-16-11-28(12-17(16)8-15)22-10-25-27-26-22/h3-5,7-10,19H,2,6,11-13H2,1H3,(H,25,26,27)/t19-/m0/s1. The van der Waals surface area contributed by atoms with Gasteiger partial charge in [-0.05, 0) is 54.3 Å². The first-order valence-corrected chi connectivity index (χ1v) is 10.5. The van der Waals surface area contributed by atoms with Crippen molar-refractivity contribution in [3.8, 4) is 11.1 Å². The number of cyclic esters (lactones) is 1. The molecule has 0 spiro atoms. The molecular weight excluding hydrogens is 413 g/mol. The van der Waals surface area contributed by atoms with Crippen molar-refractivity contribution in [1.82, 2.24) is 15.4 Å². The van der Waals surface area contributed by atoms with Crippen LogP contribution in [0, 0.1) is 5.82 Å². The van der Waals surface area contributed by atoms with Crippen molar-refractivity contribution < 1.29 is 18.7 Å². The van der Waals surface area contributed by atoms with Crippen molar-refractivity contribution in [3.63, 3.8) is 0 Å². The topological polar surface area (TPSA) is 91.4 Å². The Morgan fingerprint density at radius 2 is 2.06 bits per heavy atom. The van der Waals surface area contributed by atoms with Crippen LogP contribution in [0.25, 0.3) is 11.1 Å². The molecule has 1 saturated heterocycles. The number of hydrogen-bond acceptors (Lipinski definition) is 6. The van der Waals surface area contributed by atoms with Crippen LogP contribution in [-0.4, -0.2) is 39.9 Å². The number of nitrogens with zero attached hydrogens (tertiary/aromatic N) is 4. The number of rotatable bonds is 6. The molecule has 0 bridgehead atoms. The van der Waals surface area contributed by atoms with E-state index in [-0.39, 0.29) is 11.9 Å². The molecule has 0 saturated carbocycles. The zero-order valence-corrected chi connectivity index (χ0v) is 17.5. The number of carbonyl (C=O) groups excluding carboxylic acids is 2. The number of fused-ring (bicyclic) bond motifs is 1. The van der Waals surface area contributed by atoms with Gasteiger partial charge in [0.15, 0.2) is 5.82 Å². The van der Waals surface area contributed by atoms with Gasteiger partial charge >= 0.3 is 6.09 Å². The lowest BCUT2D eigenvalue weighted by molar-refractivity contribution is -0.117. The molecule has 1 amide bonds. The normalized spacial score (nSPS) is 17.6. The van der Waals surface area contributed by atoms with E-state index in [9.17, 15) is 9.59 Å². The number of halogens is 1. The summed E-state index contributed by atoms with van der Waals surface area (Å²) in [5, 5.41) is 10.6. The highest BCUT2D eigenvalue weighted by Gasteiger charge is 2.32. The molecule has 1 aromatic heterocycles. The third-order valence-corrected chi connectivity index (χ3v) is 5.92. The minimum atomic E-state index is -0.517. The van der Waals surface area contributed by atoms with Crippen LogP contribution >= 0.6 is 0 Å². The van der Waals surface area contributed by atoms with Gasteiger partial charge < -0.3 is 14.4 Å². The third kappa shape index (κ3) is 3.81. The molecule has 5 rings (SSSR count). The summed E-state index contributed by atoms with van der Waals surface area (Å²) in [5.74, 6) is 0.416. The predicted octanol–water partition coefficient (Wildman–Crippen LogP) is 3.83. The Labute approximate surface area is 184 Å². The van der Waals surface area contributed by atoms with Gasteiger partial charge in [0.1, 0.15) is 17.7 Å². The van der Waals surface area contributed by atoms with Crippen LogP contribution in [0.2, 0.25) is 0 Å². The van der Waals surface area contributed by atoms with Crippen LogP contribution in [-0.2, 0) is 22.6 Å². The van der Waals surface area contributed by atoms with Crippen LogP contribution in [0.1, 0.15) is 30.9 Å². The average molecular weight is 435 g/mol. The Balaban J connectivity index is 1.33. The van der Waals surface area contributed by atoms with Crippen LogP contribution in [0.15, 0.2) is 42.6 Å². The molecule has 0 aliphatic carbocycles. The van der Waals surface area contributed by atoms with Crippen molar-refractivity contribution >= 4 is 23.4 Å². The first-order valence-electron chi connectivity index (χ1n) is 10.5. The number of ether oxygens (including phenoxy) is 1. The van der Waals surface area contributed by atoms with E-state index in [2.05, 4.69) is 20.3 Å². The van der Waals surface area contributed by atoms with Gasteiger partial charge in [-0.2, -0.15) is 10.3 Å². The van der Waals surface area contributed by atoms with Crippen molar-refractivity contribution in [2.45, 2.75) is 39.0 Å². The van der Waals surface area contributed by atoms with Gasteiger partial charge in [0.2, 0.25) is 0 Å². The Bertz CT molecular complexity index is 1180. The minimum Gasteiger partial charge on any atom is -0.444 e. The van der Waals surface area contributed by atoms with Crippen molar-refractivity contribution in [2.24, 2.45) is 0 Å². The summed E-state index contributed by atoms with van der Waals surface area (Å²) in [7, 11) is 0. The molecule has 0 unspecified atom stereocenters. The monoisotopic (exact) mass is 435 g/mol. The van der Waals surface area contributed by atoms with Crippen molar-refractivity contribution in [2.75, 3.05) is 16.3 Å². The van der Waals surface area contributed by atoms with Crippen molar-refractivity contribution in [1.29, 1.82) is 0 Å². The molecule has 2 aliphatic heterocycles. The number of nitrogens with one attached hydrogen (secondary N) is 1. The molecule has 32 heavy (non-hydrogen) atoms. The van der Waals surface area contributed by atoms with Gasteiger partial charge in [-0.25, -0.2) is 9.18 Å². The fourth-order valence-corrected chi connectivity index (χ4v) is 4.22.